The fraction of sp³-hybridized carbons (Fsp3) is 0.350. The van der Waals surface area contributed by atoms with Crippen molar-refractivity contribution in [2.45, 2.75) is 5.92 Å². The van der Waals surface area contributed by atoms with Gasteiger partial charge in [-0.25, -0.2) is 0 Å². The maximum absolute atomic E-state index is 12.5. The molecule has 0 spiro atoms. The summed E-state index contributed by atoms with van der Waals surface area (Å²) in [6, 6.07) is 17.5. The fourth-order valence-corrected chi connectivity index (χ4v) is 3.30. The minimum atomic E-state index is -0.00676. The molecule has 1 heterocycles. The molecule has 2 aromatic carbocycles. The van der Waals surface area contributed by atoms with E-state index < -0.39 is 0 Å². The Balaban J connectivity index is 1.58. The van der Waals surface area contributed by atoms with Crippen molar-refractivity contribution in [1.29, 1.82) is 0 Å². The Hall–Kier alpha value is -2.53. The summed E-state index contributed by atoms with van der Waals surface area (Å²) in [7, 11) is 1.61. The van der Waals surface area contributed by atoms with Gasteiger partial charge in [0.2, 0.25) is 0 Å². The molecule has 2 atom stereocenters. The third-order valence-corrected chi connectivity index (χ3v) is 4.75. The molecule has 0 radical (unpaired) electrons. The van der Waals surface area contributed by atoms with Crippen LogP contribution in [-0.4, -0.2) is 44.2 Å². The zero-order valence-corrected chi connectivity index (χ0v) is 14.4. The summed E-state index contributed by atoms with van der Waals surface area (Å²) in [6.07, 6.45) is 0. The number of nitrogens with zero attached hydrogens (tertiary/aromatic N) is 1. The lowest BCUT2D eigenvalue weighted by molar-refractivity contribution is -0.132. The summed E-state index contributed by atoms with van der Waals surface area (Å²) >= 11 is 0. The first-order chi connectivity index (χ1) is 12.2. The molecule has 0 aliphatic carbocycles. The Morgan fingerprint density at radius 3 is 2.40 bits per heavy atom. The van der Waals surface area contributed by atoms with Crippen LogP contribution in [-0.2, 0) is 4.79 Å². The van der Waals surface area contributed by atoms with E-state index in [1.807, 2.05) is 35.2 Å². The monoisotopic (exact) mass is 340 g/mol. The van der Waals surface area contributed by atoms with Crippen molar-refractivity contribution in [2.24, 2.45) is 11.7 Å². The molecule has 0 bridgehead atoms. The van der Waals surface area contributed by atoms with E-state index >= 15 is 0 Å². The Bertz CT molecular complexity index is 688. The molecule has 0 unspecified atom stereocenters. The van der Waals surface area contributed by atoms with Crippen LogP contribution in [0.25, 0.3) is 0 Å². The largest absolute Gasteiger partial charge is 0.497 e. The van der Waals surface area contributed by atoms with Crippen molar-refractivity contribution < 1.29 is 14.3 Å². The highest BCUT2D eigenvalue weighted by Crippen LogP contribution is 2.32. The van der Waals surface area contributed by atoms with Gasteiger partial charge in [-0.3, -0.25) is 4.79 Å². The second-order valence-corrected chi connectivity index (χ2v) is 6.28. The molecule has 0 aromatic heterocycles. The van der Waals surface area contributed by atoms with E-state index in [0.717, 1.165) is 5.75 Å². The average Bonchev–Trinajstić information content (AvgIpc) is 3.12. The molecule has 5 heteroatoms. The van der Waals surface area contributed by atoms with Crippen LogP contribution >= 0.6 is 0 Å². The minimum Gasteiger partial charge on any atom is -0.497 e. The van der Waals surface area contributed by atoms with Gasteiger partial charge in [0.25, 0.3) is 5.91 Å². The van der Waals surface area contributed by atoms with Gasteiger partial charge in [-0.2, -0.15) is 0 Å². The lowest BCUT2D eigenvalue weighted by Gasteiger charge is -2.17. The standard InChI is InChI=1S/C20H24N2O3/c1-24-17-7-9-18(10-8-17)25-14-20(23)22-12-16(11-21)19(13-22)15-5-3-2-4-6-15/h2-10,16,19H,11-14,21H2,1H3/t16-,19+/m1/s1. The number of benzene rings is 2. The molecule has 2 N–H and O–H groups in total. The SMILES string of the molecule is COc1ccc(OCC(=O)N2C[C@@H](CN)[C@H](c3ccccc3)C2)cc1. The van der Waals surface area contributed by atoms with Crippen molar-refractivity contribution in [2.75, 3.05) is 33.4 Å². The van der Waals surface area contributed by atoms with Gasteiger partial charge < -0.3 is 20.1 Å². The topological polar surface area (TPSA) is 64.8 Å². The van der Waals surface area contributed by atoms with Gasteiger partial charge in [0.05, 0.1) is 7.11 Å². The first kappa shape index (κ1) is 17.3. The number of methoxy groups -OCH3 is 1. The molecule has 1 fully saturated rings. The number of hydrogen-bond donors (Lipinski definition) is 1. The highest BCUT2D eigenvalue weighted by atomic mass is 16.5. The summed E-state index contributed by atoms with van der Waals surface area (Å²) in [5, 5.41) is 0. The normalized spacial score (nSPS) is 19.7. The Morgan fingerprint density at radius 1 is 1.08 bits per heavy atom. The van der Waals surface area contributed by atoms with E-state index in [0.29, 0.717) is 25.4 Å². The number of amides is 1. The van der Waals surface area contributed by atoms with E-state index in [1.165, 1.54) is 5.56 Å². The third kappa shape index (κ3) is 4.12. The molecule has 1 amide bonds. The number of carbonyl (C=O) groups is 1. The van der Waals surface area contributed by atoms with Gasteiger partial charge in [-0.1, -0.05) is 30.3 Å². The number of ether oxygens (including phenoxy) is 2. The van der Waals surface area contributed by atoms with Crippen molar-refractivity contribution >= 4 is 5.91 Å². The van der Waals surface area contributed by atoms with Crippen LogP contribution in [0.15, 0.2) is 54.6 Å². The summed E-state index contributed by atoms with van der Waals surface area (Å²) in [5.41, 5.74) is 7.18. The minimum absolute atomic E-state index is 0.00676. The van der Waals surface area contributed by atoms with E-state index in [9.17, 15) is 4.79 Å². The molecule has 2 aromatic rings. The van der Waals surface area contributed by atoms with E-state index in [4.69, 9.17) is 15.2 Å². The van der Waals surface area contributed by atoms with Crippen LogP contribution in [0.2, 0.25) is 0 Å². The third-order valence-electron chi connectivity index (χ3n) is 4.75. The highest BCUT2D eigenvalue weighted by Gasteiger charge is 2.35. The van der Waals surface area contributed by atoms with E-state index in [2.05, 4.69) is 12.1 Å². The summed E-state index contributed by atoms with van der Waals surface area (Å²) in [6.45, 7) is 1.98. The van der Waals surface area contributed by atoms with Crippen LogP contribution < -0.4 is 15.2 Å². The quantitative estimate of drug-likeness (QED) is 0.876. The molecular weight excluding hydrogens is 316 g/mol. The molecule has 3 rings (SSSR count). The molecule has 1 aliphatic rings. The van der Waals surface area contributed by atoms with E-state index in [-0.39, 0.29) is 24.3 Å². The predicted octanol–water partition coefficient (Wildman–Crippen LogP) is 2.27. The number of likely N-dealkylation sites (tertiary alicyclic amines) is 1. The van der Waals surface area contributed by atoms with Gasteiger partial charge >= 0.3 is 0 Å². The smallest absolute Gasteiger partial charge is 0.260 e. The van der Waals surface area contributed by atoms with Crippen molar-refractivity contribution in [3.8, 4) is 11.5 Å². The second-order valence-electron chi connectivity index (χ2n) is 6.28. The zero-order chi connectivity index (χ0) is 17.6. The summed E-state index contributed by atoms with van der Waals surface area (Å²) in [5.74, 6) is 1.98. The average molecular weight is 340 g/mol. The molecule has 25 heavy (non-hydrogen) atoms. The maximum Gasteiger partial charge on any atom is 0.260 e. The molecule has 0 saturated carbocycles. The van der Waals surface area contributed by atoms with Gasteiger partial charge in [0, 0.05) is 19.0 Å². The van der Waals surface area contributed by atoms with Crippen LogP contribution in [0.4, 0.5) is 0 Å². The fourth-order valence-electron chi connectivity index (χ4n) is 3.30. The lowest BCUT2D eigenvalue weighted by atomic mass is 9.89. The van der Waals surface area contributed by atoms with Crippen LogP contribution in [0.1, 0.15) is 11.5 Å². The van der Waals surface area contributed by atoms with Crippen LogP contribution in [0.5, 0.6) is 11.5 Å². The lowest BCUT2D eigenvalue weighted by Crippen LogP contribution is -2.33. The predicted molar refractivity (Wildman–Crippen MR) is 96.8 cm³/mol. The maximum atomic E-state index is 12.5. The van der Waals surface area contributed by atoms with E-state index in [1.54, 1.807) is 19.2 Å². The molecular formula is C20H24N2O3. The molecule has 132 valence electrons. The van der Waals surface area contributed by atoms with Gasteiger partial charge in [-0.05, 0) is 42.3 Å². The van der Waals surface area contributed by atoms with Crippen LogP contribution in [0.3, 0.4) is 0 Å². The van der Waals surface area contributed by atoms with Gasteiger partial charge in [0.15, 0.2) is 6.61 Å². The number of nitrogens with two attached hydrogens (primary N) is 1. The van der Waals surface area contributed by atoms with Crippen molar-refractivity contribution in [3.05, 3.63) is 60.2 Å². The zero-order valence-electron chi connectivity index (χ0n) is 14.4. The molecule has 5 nitrogen and oxygen atoms in total. The highest BCUT2D eigenvalue weighted by molar-refractivity contribution is 5.78. The first-order valence-corrected chi connectivity index (χ1v) is 8.51. The van der Waals surface area contributed by atoms with Crippen molar-refractivity contribution in [3.63, 3.8) is 0 Å². The Morgan fingerprint density at radius 2 is 1.76 bits per heavy atom. The van der Waals surface area contributed by atoms with Crippen molar-refractivity contribution in [1.82, 2.24) is 4.90 Å². The summed E-state index contributed by atoms with van der Waals surface area (Å²) in [4.78, 5) is 14.4. The van der Waals surface area contributed by atoms with Gasteiger partial charge in [0.1, 0.15) is 11.5 Å². The Kier molecular flexibility index (Phi) is 5.56. The number of carbonyl (C=O) groups excluding carboxylic acids is 1. The first-order valence-electron chi connectivity index (χ1n) is 8.51. The molecule has 1 aliphatic heterocycles. The van der Waals surface area contributed by atoms with Crippen LogP contribution in [0, 0.1) is 5.92 Å². The Labute approximate surface area is 148 Å². The second kappa shape index (κ2) is 8.03. The number of rotatable bonds is 6. The number of hydrogen-bond acceptors (Lipinski definition) is 4. The molecule has 1 saturated heterocycles. The summed E-state index contributed by atoms with van der Waals surface area (Å²) < 4.78 is 10.7. The van der Waals surface area contributed by atoms with Gasteiger partial charge in [-0.15, -0.1) is 0 Å².